The highest BCUT2D eigenvalue weighted by atomic mass is 32.1. The van der Waals surface area contributed by atoms with Crippen molar-refractivity contribution in [3.63, 3.8) is 0 Å². The van der Waals surface area contributed by atoms with Crippen LogP contribution in [-0.2, 0) is 16.2 Å². The molecule has 0 radical (unpaired) electrons. The van der Waals surface area contributed by atoms with Crippen molar-refractivity contribution in [2.24, 2.45) is 5.92 Å². The van der Waals surface area contributed by atoms with Crippen molar-refractivity contribution in [1.29, 1.82) is 0 Å². The zero-order valence-corrected chi connectivity index (χ0v) is 16.4. The first-order valence-corrected chi connectivity index (χ1v) is 9.51. The molecule has 1 aliphatic rings. The Bertz CT molecular complexity index is 844. The average molecular weight is 377 g/mol. The van der Waals surface area contributed by atoms with Crippen LogP contribution in [0.4, 0.5) is 0 Å². The van der Waals surface area contributed by atoms with Crippen molar-refractivity contribution in [3.8, 4) is 5.69 Å². The Balaban J connectivity index is 1.75. The van der Waals surface area contributed by atoms with E-state index >= 15 is 0 Å². The van der Waals surface area contributed by atoms with Crippen molar-refractivity contribution in [2.45, 2.75) is 40.3 Å². The van der Waals surface area contributed by atoms with E-state index in [1.807, 2.05) is 19.1 Å². The van der Waals surface area contributed by atoms with Gasteiger partial charge in [-0.3, -0.25) is 4.79 Å². The summed E-state index contributed by atoms with van der Waals surface area (Å²) < 4.78 is 9.21. The number of nitrogens with one attached hydrogen (secondary N) is 1. The molecule has 8 heteroatoms. The van der Waals surface area contributed by atoms with Gasteiger partial charge in [0, 0.05) is 0 Å². The zero-order valence-electron chi connectivity index (χ0n) is 15.6. The molecule has 2 atom stereocenters. The first-order chi connectivity index (χ1) is 12.5. The van der Waals surface area contributed by atoms with Crippen LogP contribution in [0.5, 0.6) is 0 Å². The predicted molar refractivity (Wildman–Crippen MR) is 99.7 cm³/mol. The number of rotatable bonds is 5. The third kappa shape index (κ3) is 3.86. The first-order valence-electron chi connectivity index (χ1n) is 9.11. The molecule has 0 bridgehead atoms. The second kappa shape index (κ2) is 8.09. The van der Waals surface area contributed by atoms with Crippen LogP contribution in [0.3, 0.4) is 0 Å². The second-order valence-electron chi connectivity index (χ2n) is 6.85. The molecule has 3 rings (SSSR count). The first kappa shape index (κ1) is 18.7. The lowest BCUT2D eigenvalue weighted by atomic mass is 9.99. The molecule has 0 spiro atoms. The second-order valence-corrected chi connectivity index (χ2v) is 7.21. The van der Waals surface area contributed by atoms with Crippen LogP contribution in [-0.4, -0.2) is 45.5 Å². The smallest absolute Gasteiger partial charge is 0.314 e. The van der Waals surface area contributed by atoms with E-state index in [4.69, 9.17) is 17.0 Å². The largest absolute Gasteiger partial charge is 0.466 e. The maximum absolute atomic E-state index is 12.0. The maximum Gasteiger partial charge on any atom is 0.314 e. The van der Waals surface area contributed by atoms with Gasteiger partial charge in [0.15, 0.2) is 6.67 Å². The summed E-state index contributed by atoms with van der Waals surface area (Å²) in [6, 6.07) is 6.07. The molecule has 2 aromatic rings. The van der Waals surface area contributed by atoms with Gasteiger partial charge in [0.05, 0.1) is 25.4 Å². The van der Waals surface area contributed by atoms with Gasteiger partial charge < -0.3 is 9.64 Å². The van der Waals surface area contributed by atoms with Gasteiger partial charge in [0.1, 0.15) is 5.92 Å². The van der Waals surface area contributed by atoms with Gasteiger partial charge in [-0.05, 0) is 73.5 Å². The number of aryl methyl sites for hydroxylation is 1. The number of benzene rings is 1. The van der Waals surface area contributed by atoms with Gasteiger partial charge in [-0.2, -0.15) is 9.36 Å². The van der Waals surface area contributed by atoms with Crippen LogP contribution >= 0.6 is 12.2 Å². The summed E-state index contributed by atoms with van der Waals surface area (Å²) in [6.07, 6.45) is 1.89. The molecule has 1 fully saturated rings. The van der Waals surface area contributed by atoms with Crippen LogP contribution < -0.4 is 4.90 Å². The van der Waals surface area contributed by atoms with Gasteiger partial charge in [-0.15, -0.1) is 0 Å². The SMILES string of the molecule is CCOC(=O)[C@@H]1CCC[NH+](Cn2nnn(-c3cccc(C)c3C)c2=S)C1. The quantitative estimate of drug-likeness (QED) is 0.628. The Morgan fingerprint density at radius 2 is 2.19 bits per heavy atom. The lowest BCUT2D eigenvalue weighted by molar-refractivity contribution is -0.930. The average Bonchev–Trinajstić information content (AvgIpc) is 2.98. The fourth-order valence-corrected chi connectivity index (χ4v) is 3.69. The van der Waals surface area contributed by atoms with E-state index in [9.17, 15) is 4.79 Å². The molecule has 1 N–H and O–H groups in total. The summed E-state index contributed by atoms with van der Waals surface area (Å²) in [5, 5.41) is 8.51. The Morgan fingerprint density at radius 1 is 1.38 bits per heavy atom. The highest BCUT2D eigenvalue weighted by Crippen LogP contribution is 2.16. The molecule has 140 valence electrons. The number of esters is 1. The number of piperidine rings is 1. The number of quaternary nitrogens is 1. The normalized spacial score (nSPS) is 20.1. The molecule has 1 saturated heterocycles. The highest BCUT2D eigenvalue weighted by Gasteiger charge is 2.30. The standard InChI is InChI=1S/C18H25N5O2S/c1-4-25-17(24)15-8-6-10-21(11-15)12-22-18(26)23(20-19-22)16-9-5-7-13(2)14(16)3/h5,7,9,15H,4,6,8,10-12H2,1-3H3/p+1/t15-/m1/s1. The Labute approximate surface area is 158 Å². The van der Waals surface area contributed by atoms with E-state index in [2.05, 4.69) is 30.3 Å². The lowest BCUT2D eigenvalue weighted by Gasteiger charge is -2.28. The van der Waals surface area contributed by atoms with Crippen LogP contribution in [0.1, 0.15) is 30.9 Å². The summed E-state index contributed by atoms with van der Waals surface area (Å²) in [5.41, 5.74) is 3.29. The molecule has 0 aliphatic carbocycles. The van der Waals surface area contributed by atoms with Crippen molar-refractivity contribution in [3.05, 3.63) is 34.1 Å². The minimum atomic E-state index is -0.0904. The number of carbonyl (C=O) groups excluding carboxylic acids is 1. The maximum atomic E-state index is 12.0. The number of ether oxygens (including phenoxy) is 1. The zero-order chi connectivity index (χ0) is 18.7. The Hall–Kier alpha value is -2.06. The van der Waals surface area contributed by atoms with Crippen LogP contribution in [0.25, 0.3) is 5.69 Å². The molecule has 1 aliphatic heterocycles. The number of likely N-dealkylation sites (tertiary alicyclic amines) is 1. The van der Waals surface area contributed by atoms with E-state index in [1.54, 1.807) is 9.36 Å². The van der Waals surface area contributed by atoms with Gasteiger partial charge in [-0.25, -0.2) is 0 Å². The van der Waals surface area contributed by atoms with Gasteiger partial charge in [0.2, 0.25) is 4.77 Å². The molecule has 0 saturated carbocycles. The summed E-state index contributed by atoms with van der Waals surface area (Å²) in [7, 11) is 0. The Morgan fingerprint density at radius 3 is 2.96 bits per heavy atom. The van der Waals surface area contributed by atoms with Crippen LogP contribution in [0.15, 0.2) is 18.2 Å². The van der Waals surface area contributed by atoms with Crippen molar-refractivity contribution < 1.29 is 14.4 Å². The number of aromatic nitrogens is 4. The fraction of sp³-hybridized carbons (Fsp3) is 0.556. The van der Waals surface area contributed by atoms with Crippen molar-refractivity contribution in [2.75, 3.05) is 19.7 Å². The van der Waals surface area contributed by atoms with Crippen LogP contribution in [0, 0.1) is 24.5 Å². The third-order valence-electron chi connectivity index (χ3n) is 5.05. The molecular weight excluding hydrogens is 350 g/mol. The third-order valence-corrected chi connectivity index (χ3v) is 5.44. The summed E-state index contributed by atoms with van der Waals surface area (Å²) >= 11 is 5.60. The minimum Gasteiger partial charge on any atom is -0.466 e. The number of hydrogen-bond acceptors (Lipinski definition) is 5. The van der Waals surface area contributed by atoms with Gasteiger partial charge >= 0.3 is 5.97 Å². The number of nitrogens with zero attached hydrogens (tertiary/aromatic N) is 4. The topological polar surface area (TPSA) is 66.4 Å². The molecule has 7 nitrogen and oxygen atoms in total. The molecule has 1 aromatic heterocycles. The minimum absolute atomic E-state index is 0.0399. The molecule has 0 amide bonds. The van der Waals surface area contributed by atoms with Gasteiger partial charge in [0.25, 0.3) is 0 Å². The molecule has 1 unspecified atom stereocenters. The summed E-state index contributed by atoms with van der Waals surface area (Å²) in [4.78, 5) is 13.3. The van der Waals surface area contributed by atoms with Gasteiger partial charge in [-0.1, -0.05) is 12.1 Å². The summed E-state index contributed by atoms with van der Waals surface area (Å²) in [6.45, 7) is 8.76. The van der Waals surface area contributed by atoms with E-state index in [0.717, 1.165) is 37.2 Å². The number of hydrogen-bond donors (Lipinski definition) is 1. The van der Waals surface area contributed by atoms with E-state index in [0.29, 0.717) is 18.0 Å². The van der Waals surface area contributed by atoms with E-state index < -0.39 is 0 Å². The number of tetrazole rings is 1. The number of carbonyl (C=O) groups is 1. The monoisotopic (exact) mass is 376 g/mol. The molecule has 1 aromatic carbocycles. The summed E-state index contributed by atoms with van der Waals surface area (Å²) in [5.74, 6) is -0.130. The fourth-order valence-electron chi connectivity index (χ4n) is 3.46. The van der Waals surface area contributed by atoms with Crippen LogP contribution in [0.2, 0.25) is 0 Å². The van der Waals surface area contributed by atoms with E-state index in [-0.39, 0.29) is 11.9 Å². The highest BCUT2D eigenvalue weighted by molar-refractivity contribution is 7.71. The Kier molecular flexibility index (Phi) is 5.83. The molecule has 26 heavy (non-hydrogen) atoms. The van der Waals surface area contributed by atoms with E-state index in [1.165, 1.54) is 10.5 Å². The molecule has 2 heterocycles. The predicted octanol–water partition coefficient (Wildman–Crippen LogP) is 1.23. The molecular formula is C18H26N5O2S+. The lowest BCUT2D eigenvalue weighted by Crippen LogP contribution is -3.13. The van der Waals surface area contributed by atoms with Crippen molar-refractivity contribution in [1.82, 2.24) is 19.8 Å². The van der Waals surface area contributed by atoms with Crippen molar-refractivity contribution >= 4 is 18.2 Å².